The minimum atomic E-state index is -1.84. The molecule has 0 atom stereocenters. The highest BCUT2D eigenvalue weighted by Crippen LogP contribution is 2.39. The first-order valence-electron chi connectivity index (χ1n) is 14.6. The van der Waals surface area contributed by atoms with Gasteiger partial charge in [0.05, 0.1) is 20.4 Å². The molecule has 0 aliphatic heterocycles. The second-order valence-corrected chi connectivity index (χ2v) is 18.6. The molecule has 45 heavy (non-hydrogen) atoms. The van der Waals surface area contributed by atoms with Gasteiger partial charge in [-0.25, -0.2) is 19.9 Å². The van der Waals surface area contributed by atoms with Gasteiger partial charge in [-0.15, -0.1) is 22.7 Å². The van der Waals surface area contributed by atoms with E-state index in [0.717, 1.165) is 53.1 Å². The number of nitrogens with two attached hydrogens (primary N) is 2. The average Bonchev–Trinajstić information content (AvgIpc) is 3.62. The van der Waals surface area contributed by atoms with Crippen LogP contribution in [0.15, 0.2) is 73.1 Å². The lowest BCUT2D eigenvalue weighted by Crippen LogP contribution is -2.43. The van der Waals surface area contributed by atoms with Crippen LogP contribution in [-0.2, 0) is 4.74 Å². The van der Waals surface area contributed by atoms with Crippen LogP contribution in [0.2, 0.25) is 18.1 Å². The van der Waals surface area contributed by atoms with Crippen LogP contribution in [0, 0.1) is 0 Å². The Hall–Kier alpha value is -4.10. The molecular formula is C33H38N6O3S2Si. The van der Waals surface area contributed by atoms with Crippen molar-refractivity contribution >= 4 is 63.1 Å². The molecule has 6 aromatic rings. The molecule has 4 aromatic heterocycles. The molecule has 0 bridgehead atoms. The highest BCUT2D eigenvalue weighted by molar-refractivity contribution is 7.22. The summed E-state index contributed by atoms with van der Waals surface area (Å²) in [6.07, 6.45) is 3.50. The lowest BCUT2D eigenvalue weighted by atomic mass is 10.2. The molecule has 0 unspecified atom stereocenters. The van der Waals surface area contributed by atoms with Crippen molar-refractivity contribution in [1.82, 2.24) is 19.9 Å². The Balaban J connectivity index is 0.000000179. The van der Waals surface area contributed by atoms with Crippen LogP contribution in [0.25, 0.3) is 41.6 Å². The van der Waals surface area contributed by atoms with Gasteiger partial charge >= 0.3 is 0 Å². The molecule has 0 aliphatic carbocycles. The molecule has 4 heterocycles. The quantitative estimate of drug-likeness (QED) is 0.0937. The first-order valence-corrected chi connectivity index (χ1v) is 19.1. The van der Waals surface area contributed by atoms with Crippen LogP contribution >= 0.6 is 22.7 Å². The maximum atomic E-state index is 6.39. The van der Waals surface area contributed by atoms with Gasteiger partial charge in [-0.1, -0.05) is 20.8 Å². The van der Waals surface area contributed by atoms with Crippen LogP contribution in [0.3, 0.4) is 0 Å². The predicted octanol–water partition coefficient (Wildman–Crippen LogP) is 8.64. The molecule has 0 saturated heterocycles. The van der Waals surface area contributed by atoms with Crippen LogP contribution < -0.4 is 20.6 Å². The van der Waals surface area contributed by atoms with Crippen molar-refractivity contribution in [2.24, 2.45) is 0 Å². The second-order valence-electron chi connectivity index (χ2n) is 11.9. The van der Waals surface area contributed by atoms with E-state index in [1.807, 2.05) is 49.4 Å². The summed E-state index contributed by atoms with van der Waals surface area (Å²) in [4.78, 5) is 17.5. The second kappa shape index (κ2) is 13.5. The van der Waals surface area contributed by atoms with E-state index in [1.165, 1.54) is 0 Å². The molecule has 0 saturated carbocycles. The Labute approximate surface area is 272 Å². The fourth-order valence-corrected chi connectivity index (χ4v) is 6.91. The summed E-state index contributed by atoms with van der Waals surface area (Å²) in [6, 6.07) is 19.4. The number of anilines is 2. The zero-order valence-corrected chi connectivity index (χ0v) is 29.0. The Morgan fingerprint density at radius 3 is 1.71 bits per heavy atom. The molecule has 6 rings (SSSR count). The van der Waals surface area contributed by atoms with E-state index in [9.17, 15) is 0 Å². The number of ether oxygens (including phenoxy) is 2. The molecule has 0 spiro atoms. The SMILES string of the molecule is CC(C)(C)[Si](C)(C)Oc1ccc2nc(-c3ccc(N)nc3)sc2c1.CCOCOc1ccc2nc(-c3ccc(N)nc3)sc2c1. The zero-order valence-electron chi connectivity index (χ0n) is 26.3. The number of nitrogen functional groups attached to an aromatic ring is 2. The van der Waals surface area contributed by atoms with Gasteiger partial charge in [-0.3, -0.25) is 0 Å². The van der Waals surface area contributed by atoms with Crippen molar-refractivity contribution in [3.63, 3.8) is 0 Å². The molecule has 0 radical (unpaired) electrons. The molecule has 4 N–H and O–H groups in total. The normalized spacial score (nSPS) is 11.8. The van der Waals surface area contributed by atoms with Crippen molar-refractivity contribution < 1.29 is 13.9 Å². The van der Waals surface area contributed by atoms with Gasteiger partial charge in [0.1, 0.15) is 33.1 Å². The zero-order chi connectivity index (χ0) is 32.2. The fourth-order valence-electron chi connectivity index (χ4n) is 3.91. The molecule has 0 aliphatic rings. The summed E-state index contributed by atoms with van der Waals surface area (Å²) in [6.45, 7) is 14.1. The molecule has 234 valence electrons. The van der Waals surface area contributed by atoms with Crippen LogP contribution in [-0.4, -0.2) is 41.7 Å². The summed E-state index contributed by atoms with van der Waals surface area (Å²) in [7, 11) is -1.84. The van der Waals surface area contributed by atoms with Gasteiger partial charge in [0.15, 0.2) is 6.79 Å². The van der Waals surface area contributed by atoms with Gasteiger partial charge in [0.2, 0.25) is 8.32 Å². The smallest absolute Gasteiger partial charge is 0.250 e. The third-order valence-corrected chi connectivity index (χ3v) is 14.0. The van der Waals surface area contributed by atoms with E-state index in [0.29, 0.717) is 18.2 Å². The summed E-state index contributed by atoms with van der Waals surface area (Å²) >= 11 is 3.24. The molecular weight excluding hydrogens is 621 g/mol. The van der Waals surface area contributed by atoms with E-state index in [2.05, 4.69) is 54.9 Å². The lowest BCUT2D eigenvalue weighted by molar-refractivity contribution is 0.0225. The first-order chi connectivity index (χ1) is 21.4. The highest BCUT2D eigenvalue weighted by Gasteiger charge is 2.39. The Kier molecular flexibility index (Phi) is 9.68. The number of thiazole rings is 2. The number of hydrogen-bond acceptors (Lipinski definition) is 11. The number of aromatic nitrogens is 4. The minimum Gasteiger partial charge on any atom is -0.543 e. The first kappa shape index (κ1) is 32.3. The summed E-state index contributed by atoms with van der Waals surface area (Å²) < 4.78 is 19.3. The van der Waals surface area contributed by atoms with Gasteiger partial charge in [-0.2, -0.15) is 0 Å². The van der Waals surface area contributed by atoms with Crippen LogP contribution in [0.5, 0.6) is 11.5 Å². The maximum absolute atomic E-state index is 6.39. The summed E-state index contributed by atoms with van der Waals surface area (Å²) in [5.41, 5.74) is 15.1. The van der Waals surface area contributed by atoms with Crippen molar-refractivity contribution in [2.45, 2.75) is 45.8 Å². The third kappa shape index (κ3) is 7.95. The van der Waals surface area contributed by atoms with Gasteiger partial charge < -0.3 is 25.4 Å². The van der Waals surface area contributed by atoms with Crippen molar-refractivity contribution in [3.05, 3.63) is 73.1 Å². The molecule has 0 amide bonds. The summed E-state index contributed by atoms with van der Waals surface area (Å²) in [5.74, 6) is 2.73. The highest BCUT2D eigenvalue weighted by atomic mass is 32.1. The molecule has 2 aromatic carbocycles. The van der Waals surface area contributed by atoms with Crippen LogP contribution in [0.1, 0.15) is 27.7 Å². The topological polar surface area (TPSA) is 131 Å². The fraction of sp³-hybridized carbons (Fsp3) is 0.273. The standard InChI is InChI=1S/C18H23N3OSSi.C15H15N3O2S/c1-18(2,3)24(4,5)22-13-7-8-14-15(10-13)23-17(21-14)12-6-9-16(19)20-11-12;1-2-19-9-20-11-4-5-12-13(7-11)21-15(18-12)10-3-6-14(16)17-8-10/h6-11H,1-5H3,(H2,19,20);3-8H,2,9H2,1H3,(H2,16,17). The van der Waals surface area contributed by atoms with Gasteiger partial charge in [0.25, 0.3) is 0 Å². The van der Waals surface area contributed by atoms with E-state index in [-0.39, 0.29) is 11.8 Å². The van der Waals surface area contributed by atoms with Crippen molar-refractivity contribution in [2.75, 3.05) is 24.9 Å². The van der Waals surface area contributed by atoms with E-state index >= 15 is 0 Å². The number of rotatable bonds is 8. The molecule has 12 heteroatoms. The Bertz CT molecular complexity index is 1880. The third-order valence-electron chi connectivity index (χ3n) is 7.48. The largest absolute Gasteiger partial charge is 0.543 e. The van der Waals surface area contributed by atoms with Gasteiger partial charge in [-0.05, 0) is 85.7 Å². The monoisotopic (exact) mass is 658 g/mol. The van der Waals surface area contributed by atoms with E-state index in [1.54, 1.807) is 47.2 Å². The number of benzene rings is 2. The van der Waals surface area contributed by atoms with Crippen molar-refractivity contribution in [1.29, 1.82) is 0 Å². The van der Waals surface area contributed by atoms with Gasteiger partial charge in [0, 0.05) is 30.1 Å². The van der Waals surface area contributed by atoms with Crippen LogP contribution in [0.4, 0.5) is 11.6 Å². The van der Waals surface area contributed by atoms with E-state index < -0.39 is 8.32 Å². The summed E-state index contributed by atoms with van der Waals surface area (Å²) in [5, 5.41) is 2.04. The number of pyridine rings is 2. The Morgan fingerprint density at radius 1 is 0.733 bits per heavy atom. The number of fused-ring (bicyclic) bond motifs is 2. The molecule has 9 nitrogen and oxygen atoms in total. The Morgan fingerprint density at radius 2 is 1.24 bits per heavy atom. The van der Waals surface area contributed by atoms with Crippen molar-refractivity contribution in [3.8, 4) is 32.6 Å². The maximum Gasteiger partial charge on any atom is 0.250 e. The lowest BCUT2D eigenvalue weighted by Gasteiger charge is -2.36. The number of nitrogens with zero attached hydrogens (tertiary/aromatic N) is 4. The average molecular weight is 659 g/mol. The minimum absolute atomic E-state index is 0.177. The van der Waals surface area contributed by atoms with E-state index in [4.69, 9.17) is 30.4 Å². The molecule has 0 fully saturated rings. The number of hydrogen-bond donors (Lipinski definition) is 2. The predicted molar refractivity (Wildman–Crippen MR) is 189 cm³/mol.